The highest BCUT2D eigenvalue weighted by molar-refractivity contribution is 6.06. The summed E-state index contributed by atoms with van der Waals surface area (Å²) in [6.07, 6.45) is 3.61. The number of nitrogen functional groups attached to an aromatic ring is 1. The molecular formula is C25H23N5O. The molecule has 1 amide bonds. The lowest BCUT2D eigenvalue weighted by Gasteiger charge is -2.09. The topological polar surface area (TPSA) is 85.8 Å². The largest absolute Gasteiger partial charge is 0.382 e. The van der Waals surface area contributed by atoms with Crippen molar-refractivity contribution in [1.82, 2.24) is 19.9 Å². The molecule has 0 radical (unpaired) electrons. The third kappa shape index (κ3) is 3.68. The number of nitrogens with one attached hydrogen (secondary N) is 1. The predicted octanol–water partition coefficient (Wildman–Crippen LogP) is 4.53. The molecule has 0 saturated carbocycles. The van der Waals surface area contributed by atoms with Gasteiger partial charge >= 0.3 is 0 Å². The van der Waals surface area contributed by atoms with Crippen LogP contribution in [0.2, 0.25) is 0 Å². The molecule has 5 aromatic rings. The molecule has 0 aliphatic carbocycles. The van der Waals surface area contributed by atoms with Crippen LogP contribution >= 0.6 is 0 Å². The van der Waals surface area contributed by atoms with Crippen molar-refractivity contribution in [3.63, 3.8) is 0 Å². The van der Waals surface area contributed by atoms with Gasteiger partial charge in [0.1, 0.15) is 5.52 Å². The van der Waals surface area contributed by atoms with Crippen LogP contribution in [0.3, 0.4) is 0 Å². The number of carbonyl (C=O) groups excluding carboxylic acids is 1. The first-order valence-electron chi connectivity index (χ1n) is 10.5. The molecule has 3 aromatic carbocycles. The maximum atomic E-state index is 12.5. The van der Waals surface area contributed by atoms with Crippen molar-refractivity contribution in [1.29, 1.82) is 0 Å². The van der Waals surface area contributed by atoms with Crippen LogP contribution < -0.4 is 11.1 Å². The van der Waals surface area contributed by atoms with Crippen LogP contribution in [0.15, 0.2) is 73.1 Å². The van der Waals surface area contributed by atoms with Gasteiger partial charge < -0.3 is 15.6 Å². The minimum absolute atomic E-state index is 0.0383. The van der Waals surface area contributed by atoms with Gasteiger partial charge in [-0.05, 0) is 41.8 Å². The SMILES string of the molecule is Nc1nc2ccccc2c2c1ncn2CCCCNC(=O)c1ccc2ccccc2c1. The third-order valence-corrected chi connectivity index (χ3v) is 5.60. The molecule has 0 aliphatic heterocycles. The first kappa shape index (κ1) is 19.1. The summed E-state index contributed by atoms with van der Waals surface area (Å²) in [5.74, 6) is 0.416. The summed E-state index contributed by atoms with van der Waals surface area (Å²) < 4.78 is 2.13. The van der Waals surface area contributed by atoms with E-state index in [0.717, 1.165) is 52.1 Å². The zero-order valence-electron chi connectivity index (χ0n) is 17.1. The lowest BCUT2D eigenvalue weighted by molar-refractivity contribution is 0.0953. The molecule has 0 aliphatic rings. The number of nitrogens with zero attached hydrogens (tertiary/aromatic N) is 3. The minimum atomic E-state index is -0.0383. The van der Waals surface area contributed by atoms with Crippen LogP contribution in [0.5, 0.6) is 0 Å². The van der Waals surface area contributed by atoms with Crippen molar-refractivity contribution in [2.45, 2.75) is 19.4 Å². The highest BCUT2D eigenvalue weighted by Gasteiger charge is 2.12. The molecule has 6 heteroatoms. The van der Waals surface area contributed by atoms with E-state index in [1.807, 2.05) is 73.1 Å². The number of pyridine rings is 1. The van der Waals surface area contributed by atoms with Gasteiger partial charge in [-0.3, -0.25) is 4.79 Å². The standard InChI is InChI=1S/C25H23N5O/c26-24-22-23(20-9-3-4-10-21(20)29-24)30(16-28-22)14-6-5-13-27-25(31)19-12-11-17-7-1-2-8-18(17)15-19/h1-4,7-12,15-16H,5-6,13-14H2,(H2,26,29)(H,27,31). The van der Waals surface area contributed by atoms with Gasteiger partial charge in [-0.2, -0.15) is 0 Å². The number of imidazole rings is 1. The lowest BCUT2D eigenvalue weighted by atomic mass is 10.1. The number of carbonyl (C=O) groups is 1. The van der Waals surface area contributed by atoms with Gasteiger partial charge in [0.2, 0.25) is 0 Å². The number of benzene rings is 3. The van der Waals surface area contributed by atoms with Crippen LogP contribution in [-0.2, 0) is 6.54 Å². The second-order valence-corrected chi connectivity index (χ2v) is 7.67. The van der Waals surface area contributed by atoms with E-state index in [1.54, 1.807) is 0 Å². The number of aryl methyl sites for hydroxylation is 1. The normalized spacial score (nSPS) is 11.4. The predicted molar refractivity (Wildman–Crippen MR) is 125 cm³/mol. The van der Waals surface area contributed by atoms with Gasteiger partial charge in [-0.25, -0.2) is 9.97 Å². The zero-order chi connectivity index (χ0) is 21.2. The van der Waals surface area contributed by atoms with Crippen molar-refractivity contribution in [2.24, 2.45) is 0 Å². The van der Waals surface area contributed by atoms with Crippen LogP contribution in [-0.4, -0.2) is 27.0 Å². The maximum absolute atomic E-state index is 12.5. The first-order valence-corrected chi connectivity index (χ1v) is 10.5. The average molecular weight is 409 g/mol. The van der Waals surface area contributed by atoms with E-state index in [4.69, 9.17) is 5.73 Å². The van der Waals surface area contributed by atoms with Gasteiger partial charge in [-0.15, -0.1) is 0 Å². The number of para-hydroxylation sites is 1. The fourth-order valence-electron chi connectivity index (χ4n) is 4.02. The molecule has 6 nitrogen and oxygen atoms in total. The summed E-state index contributed by atoms with van der Waals surface area (Å²) in [5.41, 5.74) is 9.42. The van der Waals surface area contributed by atoms with Crippen LogP contribution in [0.25, 0.3) is 32.7 Å². The lowest BCUT2D eigenvalue weighted by Crippen LogP contribution is -2.24. The fourth-order valence-corrected chi connectivity index (χ4v) is 4.02. The number of amides is 1. The Balaban J connectivity index is 1.22. The molecule has 2 heterocycles. The Labute approximate surface area is 179 Å². The summed E-state index contributed by atoms with van der Waals surface area (Å²) in [7, 11) is 0. The molecule has 2 aromatic heterocycles. The molecule has 0 bridgehead atoms. The minimum Gasteiger partial charge on any atom is -0.382 e. The van der Waals surface area contributed by atoms with Crippen LogP contribution in [0, 0.1) is 0 Å². The molecule has 3 N–H and O–H groups in total. The summed E-state index contributed by atoms with van der Waals surface area (Å²) in [4.78, 5) is 21.4. The zero-order valence-corrected chi connectivity index (χ0v) is 17.1. The Hall–Kier alpha value is -3.93. The van der Waals surface area contributed by atoms with Crippen molar-refractivity contribution >= 4 is 44.4 Å². The highest BCUT2D eigenvalue weighted by Crippen LogP contribution is 2.27. The van der Waals surface area contributed by atoms with Crippen molar-refractivity contribution in [3.8, 4) is 0 Å². The number of hydrogen-bond acceptors (Lipinski definition) is 4. The summed E-state index contributed by atoms with van der Waals surface area (Å²) >= 11 is 0. The monoisotopic (exact) mass is 409 g/mol. The quantitative estimate of drug-likeness (QED) is 0.404. The number of nitrogens with two attached hydrogens (primary N) is 1. The second kappa shape index (κ2) is 8.07. The molecular weight excluding hydrogens is 386 g/mol. The third-order valence-electron chi connectivity index (χ3n) is 5.60. The maximum Gasteiger partial charge on any atom is 0.251 e. The number of fused-ring (bicyclic) bond motifs is 4. The Kier molecular flexibility index (Phi) is 4.96. The Bertz CT molecular complexity index is 1410. The summed E-state index contributed by atoms with van der Waals surface area (Å²) in [6.45, 7) is 1.43. The van der Waals surface area contributed by atoms with Gasteiger partial charge in [-0.1, -0.05) is 48.5 Å². The van der Waals surface area contributed by atoms with E-state index in [0.29, 0.717) is 17.9 Å². The molecule has 0 fully saturated rings. The molecule has 0 unspecified atom stereocenters. The molecule has 0 atom stereocenters. The number of aromatic nitrogens is 3. The van der Waals surface area contributed by atoms with Crippen molar-refractivity contribution in [3.05, 3.63) is 78.6 Å². The number of unbranched alkanes of at least 4 members (excludes halogenated alkanes) is 1. The van der Waals surface area contributed by atoms with Crippen molar-refractivity contribution in [2.75, 3.05) is 12.3 Å². The van der Waals surface area contributed by atoms with Gasteiger partial charge in [0.15, 0.2) is 5.82 Å². The van der Waals surface area contributed by atoms with E-state index >= 15 is 0 Å². The first-order chi connectivity index (χ1) is 15.2. The Morgan fingerprint density at radius 2 is 1.77 bits per heavy atom. The number of rotatable bonds is 6. The Morgan fingerprint density at radius 3 is 2.68 bits per heavy atom. The summed E-state index contributed by atoms with van der Waals surface area (Å²) in [6, 6.07) is 21.8. The average Bonchev–Trinajstić information content (AvgIpc) is 3.23. The number of hydrogen-bond donors (Lipinski definition) is 2. The van der Waals surface area contributed by atoms with Crippen LogP contribution in [0.4, 0.5) is 5.82 Å². The van der Waals surface area contributed by atoms with Gasteiger partial charge in [0.05, 0.1) is 17.4 Å². The van der Waals surface area contributed by atoms with Crippen LogP contribution in [0.1, 0.15) is 23.2 Å². The molecule has 5 rings (SSSR count). The van der Waals surface area contributed by atoms with Gasteiger partial charge in [0.25, 0.3) is 5.91 Å². The summed E-state index contributed by atoms with van der Waals surface area (Å²) in [5, 5.41) is 6.28. The molecule has 154 valence electrons. The smallest absolute Gasteiger partial charge is 0.251 e. The van der Waals surface area contributed by atoms with E-state index in [2.05, 4.69) is 19.9 Å². The number of anilines is 1. The van der Waals surface area contributed by atoms with E-state index in [1.165, 1.54) is 0 Å². The second-order valence-electron chi connectivity index (χ2n) is 7.67. The fraction of sp³-hybridized carbons (Fsp3) is 0.160. The molecule has 0 spiro atoms. The highest BCUT2D eigenvalue weighted by atomic mass is 16.1. The van der Waals surface area contributed by atoms with E-state index in [-0.39, 0.29) is 5.91 Å². The van der Waals surface area contributed by atoms with E-state index in [9.17, 15) is 4.79 Å². The Morgan fingerprint density at radius 1 is 0.968 bits per heavy atom. The van der Waals surface area contributed by atoms with E-state index < -0.39 is 0 Å². The van der Waals surface area contributed by atoms with Gasteiger partial charge in [0, 0.05) is 24.0 Å². The molecule has 0 saturated heterocycles. The van der Waals surface area contributed by atoms with Crippen molar-refractivity contribution < 1.29 is 4.79 Å². The molecule has 31 heavy (non-hydrogen) atoms.